The fourth-order valence-corrected chi connectivity index (χ4v) is 1.70. The Labute approximate surface area is 79.7 Å². The first kappa shape index (κ1) is 9.52. The van der Waals surface area contributed by atoms with Crippen molar-refractivity contribution < 1.29 is 13.2 Å². The summed E-state index contributed by atoms with van der Waals surface area (Å²) in [6, 6.07) is 1.40. The molecule has 76 valence electrons. The van der Waals surface area contributed by atoms with Crippen molar-refractivity contribution in [2.24, 2.45) is 11.7 Å². The van der Waals surface area contributed by atoms with Gasteiger partial charge in [-0.25, -0.2) is 13.2 Å². The highest BCUT2D eigenvalue weighted by Gasteiger charge is 2.50. The van der Waals surface area contributed by atoms with E-state index in [2.05, 4.69) is 0 Å². The van der Waals surface area contributed by atoms with Gasteiger partial charge in [0.1, 0.15) is 5.82 Å². The maximum Gasteiger partial charge on any atom is 0.161 e. The van der Waals surface area contributed by atoms with Gasteiger partial charge in [-0.2, -0.15) is 0 Å². The van der Waals surface area contributed by atoms with Crippen LogP contribution in [0.1, 0.15) is 18.9 Å². The number of halogens is 3. The topological polar surface area (TPSA) is 26.0 Å². The Morgan fingerprint density at radius 3 is 2.21 bits per heavy atom. The van der Waals surface area contributed by atoms with Gasteiger partial charge >= 0.3 is 0 Å². The summed E-state index contributed by atoms with van der Waals surface area (Å²) in [7, 11) is 0. The van der Waals surface area contributed by atoms with Crippen LogP contribution in [0.15, 0.2) is 12.1 Å². The molecule has 0 aromatic heterocycles. The van der Waals surface area contributed by atoms with Gasteiger partial charge in [-0.3, -0.25) is 0 Å². The first-order valence-electron chi connectivity index (χ1n) is 4.39. The van der Waals surface area contributed by atoms with Gasteiger partial charge in [-0.05, 0) is 18.4 Å². The molecule has 2 unspecified atom stereocenters. The molecule has 2 N–H and O–H groups in total. The van der Waals surface area contributed by atoms with Crippen molar-refractivity contribution >= 4 is 0 Å². The minimum atomic E-state index is -1.18. The van der Waals surface area contributed by atoms with Crippen LogP contribution in [-0.2, 0) is 5.54 Å². The zero-order valence-electron chi connectivity index (χ0n) is 7.65. The molecule has 0 heterocycles. The minimum absolute atomic E-state index is 0.0731. The molecular weight excluding hydrogens is 191 g/mol. The van der Waals surface area contributed by atoms with E-state index in [-0.39, 0.29) is 11.5 Å². The highest BCUT2D eigenvalue weighted by Crippen LogP contribution is 2.50. The molecule has 1 aromatic carbocycles. The molecule has 0 amide bonds. The summed E-state index contributed by atoms with van der Waals surface area (Å²) in [6.45, 7) is 1.85. The quantitative estimate of drug-likeness (QED) is 0.693. The van der Waals surface area contributed by atoms with Crippen LogP contribution in [0.4, 0.5) is 13.2 Å². The molecule has 0 bridgehead atoms. The second-order valence-electron chi connectivity index (χ2n) is 3.89. The van der Waals surface area contributed by atoms with Gasteiger partial charge in [-0.15, -0.1) is 0 Å². The van der Waals surface area contributed by atoms with E-state index in [1.165, 1.54) is 0 Å². The monoisotopic (exact) mass is 201 g/mol. The van der Waals surface area contributed by atoms with Gasteiger partial charge < -0.3 is 5.73 Å². The van der Waals surface area contributed by atoms with E-state index in [0.717, 1.165) is 6.07 Å². The van der Waals surface area contributed by atoms with Crippen molar-refractivity contribution in [3.8, 4) is 0 Å². The molecule has 2 atom stereocenters. The minimum Gasteiger partial charge on any atom is -0.321 e. The summed E-state index contributed by atoms with van der Waals surface area (Å²) in [5.41, 5.74) is 5.07. The summed E-state index contributed by atoms with van der Waals surface area (Å²) in [5, 5.41) is 0. The SMILES string of the molecule is CC1CC1(N)c1cc(F)c(F)cc1F. The van der Waals surface area contributed by atoms with Gasteiger partial charge in [0.15, 0.2) is 11.6 Å². The van der Waals surface area contributed by atoms with Crippen LogP contribution in [-0.4, -0.2) is 0 Å². The third-order valence-corrected chi connectivity index (χ3v) is 2.87. The maximum atomic E-state index is 13.3. The van der Waals surface area contributed by atoms with Crippen LogP contribution >= 0.6 is 0 Å². The number of benzene rings is 1. The molecule has 1 fully saturated rings. The molecule has 1 aromatic rings. The fourth-order valence-electron chi connectivity index (χ4n) is 1.70. The molecule has 1 nitrogen and oxygen atoms in total. The Kier molecular flexibility index (Phi) is 1.86. The first-order chi connectivity index (χ1) is 6.45. The van der Waals surface area contributed by atoms with Crippen molar-refractivity contribution in [3.63, 3.8) is 0 Å². The molecule has 1 aliphatic rings. The van der Waals surface area contributed by atoms with Crippen LogP contribution in [0.25, 0.3) is 0 Å². The third-order valence-electron chi connectivity index (χ3n) is 2.87. The zero-order chi connectivity index (χ0) is 10.5. The largest absolute Gasteiger partial charge is 0.321 e. The van der Waals surface area contributed by atoms with Gasteiger partial charge in [-0.1, -0.05) is 6.92 Å². The van der Waals surface area contributed by atoms with Crippen LogP contribution in [0.2, 0.25) is 0 Å². The molecule has 4 heteroatoms. The van der Waals surface area contributed by atoms with Gasteiger partial charge in [0.2, 0.25) is 0 Å². The molecule has 14 heavy (non-hydrogen) atoms. The molecule has 0 spiro atoms. The van der Waals surface area contributed by atoms with E-state index in [1.807, 2.05) is 6.92 Å². The van der Waals surface area contributed by atoms with Crippen LogP contribution in [0, 0.1) is 23.4 Å². The van der Waals surface area contributed by atoms with E-state index in [0.29, 0.717) is 12.5 Å². The molecule has 0 radical (unpaired) electrons. The highest BCUT2D eigenvalue weighted by molar-refractivity contribution is 5.33. The van der Waals surface area contributed by atoms with E-state index in [9.17, 15) is 13.2 Å². The average Bonchev–Trinajstić information content (AvgIpc) is 2.68. The average molecular weight is 201 g/mol. The van der Waals surface area contributed by atoms with Crippen molar-refractivity contribution in [2.45, 2.75) is 18.9 Å². The summed E-state index contributed by atoms with van der Waals surface area (Å²) >= 11 is 0. The van der Waals surface area contributed by atoms with Gasteiger partial charge in [0, 0.05) is 17.2 Å². The second kappa shape index (κ2) is 2.73. The molecule has 2 rings (SSSR count). The third kappa shape index (κ3) is 1.21. The second-order valence-corrected chi connectivity index (χ2v) is 3.89. The summed E-state index contributed by atoms with van der Waals surface area (Å²) in [4.78, 5) is 0. The molecule has 0 aliphatic heterocycles. The number of rotatable bonds is 1. The number of nitrogens with two attached hydrogens (primary N) is 1. The first-order valence-corrected chi connectivity index (χ1v) is 4.39. The van der Waals surface area contributed by atoms with Crippen molar-refractivity contribution in [3.05, 3.63) is 35.1 Å². The van der Waals surface area contributed by atoms with Crippen LogP contribution < -0.4 is 5.73 Å². The van der Waals surface area contributed by atoms with Crippen LogP contribution in [0.3, 0.4) is 0 Å². The van der Waals surface area contributed by atoms with Crippen molar-refractivity contribution in [1.82, 2.24) is 0 Å². The Bertz CT molecular complexity index is 391. The van der Waals surface area contributed by atoms with Crippen LogP contribution in [0.5, 0.6) is 0 Å². The summed E-state index contributed by atoms with van der Waals surface area (Å²) in [6.07, 6.45) is 0.606. The molecular formula is C10H10F3N. The lowest BCUT2D eigenvalue weighted by molar-refractivity contribution is 0.479. The Hall–Kier alpha value is -1.03. The number of hydrogen-bond acceptors (Lipinski definition) is 1. The molecule has 1 saturated carbocycles. The zero-order valence-corrected chi connectivity index (χ0v) is 7.65. The highest BCUT2D eigenvalue weighted by atomic mass is 19.2. The van der Waals surface area contributed by atoms with E-state index < -0.39 is 23.0 Å². The Morgan fingerprint density at radius 1 is 1.21 bits per heavy atom. The van der Waals surface area contributed by atoms with Gasteiger partial charge in [0.05, 0.1) is 0 Å². The summed E-state index contributed by atoms with van der Waals surface area (Å²) in [5.74, 6) is -2.88. The van der Waals surface area contributed by atoms with Crippen molar-refractivity contribution in [2.75, 3.05) is 0 Å². The van der Waals surface area contributed by atoms with E-state index in [4.69, 9.17) is 5.73 Å². The number of hydrogen-bond donors (Lipinski definition) is 1. The lowest BCUT2D eigenvalue weighted by Gasteiger charge is -2.12. The summed E-state index contributed by atoms with van der Waals surface area (Å²) < 4.78 is 38.7. The smallest absolute Gasteiger partial charge is 0.161 e. The normalized spacial score (nSPS) is 30.5. The maximum absolute atomic E-state index is 13.3. The van der Waals surface area contributed by atoms with E-state index in [1.54, 1.807) is 0 Å². The molecule has 1 aliphatic carbocycles. The standard InChI is InChI=1S/C10H10F3N/c1-5-4-10(5,14)6-2-8(12)9(13)3-7(6)11/h2-3,5H,4,14H2,1H3. The predicted octanol–water partition coefficient (Wildman–Crippen LogP) is 2.30. The molecule has 0 saturated heterocycles. The lowest BCUT2D eigenvalue weighted by Crippen LogP contribution is -2.23. The Morgan fingerprint density at radius 2 is 1.71 bits per heavy atom. The fraction of sp³-hybridized carbons (Fsp3) is 0.400. The Balaban J connectivity index is 2.50. The van der Waals surface area contributed by atoms with Crippen molar-refractivity contribution in [1.29, 1.82) is 0 Å². The van der Waals surface area contributed by atoms with E-state index >= 15 is 0 Å². The predicted molar refractivity (Wildman–Crippen MR) is 46.0 cm³/mol. The lowest BCUT2D eigenvalue weighted by atomic mass is 10.0. The van der Waals surface area contributed by atoms with Gasteiger partial charge in [0.25, 0.3) is 0 Å².